The summed E-state index contributed by atoms with van der Waals surface area (Å²) in [7, 11) is 0. The van der Waals surface area contributed by atoms with Crippen LogP contribution in [0.3, 0.4) is 0 Å². The molecule has 1 aromatic heterocycles. The van der Waals surface area contributed by atoms with Crippen LogP contribution in [-0.4, -0.2) is 62.7 Å². The van der Waals surface area contributed by atoms with E-state index in [2.05, 4.69) is 20.1 Å². The van der Waals surface area contributed by atoms with Crippen molar-refractivity contribution in [3.63, 3.8) is 0 Å². The summed E-state index contributed by atoms with van der Waals surface area (Å²) < 4.78 is 2.23. The van der Waals surface area contributed by atoms with E-state index in [1.807, 2.05) is 4.90 Å². The van der Waals surface area contributed by atoms with Crippen molar-refractivity contribution in [1.82, 2.24) is 29.9 Å². The number of nitrogens with zero attached hydrogens (tertiary/aromatic N) is 5. The largest absolute Gasteiger partial charge is 0.338 e. The van der Waals surface area contributed by atoms with Crippen molar-refractivity contribution in [3.05, 3.63) is 11.6 Å². The van der Waals surface area contributed by atoms with Gasteiger partial charge in [-0.2, -0.15) is 0 Å². The molecule has 136 valence electrons. The first-order valence-electron chi connectivity index (χ1n) is 9.48. The number of rotatable bonds is 3. The summed E-state index contributed by atoms with van der Waals surface area (Å²) in [5.74, 6) is 2.01. The number of likely N-dealkylation sites (tertiary alicyclic amines) is 1. The monoisotopic (exact) mass is 346 g/mol. The lowest BCUT2D eigenvalue weighted by Crippen LogP contribution is -2.50. The molecule has 8 heteroatoms. The molecule has 0 spiro atoms. The Kier molecular flexibility index (Phi) is 4.59. The number of fused-ring (bicyclic) bond motifs is 1. The number of carbonyl (C=O) groups excluding carboxylic acids is 2. The SMILES string of the molecule is O=C1NCCCN1CC(=O)N1CCCC1c1nnc2n1CCCCC2. The number of urea groups is 1. The molecular formula is C17H26N6O2. The van der Waals surface area contributed by atoms with Crippen LogP contribution in [0.4, 0.5) is 4.79 Å². The van der Waals surface area contributed by atoms with Gasteiger partial charge in [0.25, 0.3) is 0 Å². The van der Waals surface area contributed by atoms with Crippen LogP contribution in [0.1, 0.15) is 56.2 Å². The van der Waals surface area contributed by atoms with Crippen molar-refractivity contribution in [3.8, 4) is 0 Å². The molecule has 2 saturated heterocycles. The van der Waals surface area contributed by atoms with Crippen molar-refractivity contribution >= 4 is 11.9 Å². The van der Waals surface area contributed by atoms with Gasteiger partial charge in [-0.1, -0.05) is 6.42 Å². The summed E-state index contributed by atoms with van der Waals surface area (Å²) in [5.41, 5.74) is 0. The molecule has 8 nitrogen and oxygen atoms in total. The van der Waals surface area contributed by atoms with E-state index in [1.54, 1.807) is 4.90 Å². The minimum atomic E-state index is -0.133. The predicted octanol–water partition coefficient (Wildman–Crippen LogP) is 1.08. The van der Waals surface area contributed by atoms with Gasteiger partial charge in [-0.25, -0.2) is 4.79 Å². The third-order valence-electron chi connectivity index (χ3n) is 5.50. The highest BCUT2D eigenvalue weighted by molar-refractivity contribution is 5.84. The molecule has 0 aromatic carbocycles. The Labute approximate surface area is 147 Å². The number of amides is 3. The molecule has 3 aliphatic heterocycles. The Balaban J connectivity index is 1.50. The number of nitrogens with one attached hydrogen (secondary N) is 1. The average Bonchev–Trinajstić information content (AvgIpc) is 3.18. The number of aryl methyl sites for hydroxylation is 1. The molecule has 0 bridgehead atoms. The van der Waals surface area contributed by atoms with Gasteiger partial charge in [0.1, 0.15) is 12.4 Å². The molecule has 25 heavy (non-hydrogen) atoms. The van der Waals surface area contributed by atoms with E-state index in [-0.39, 0.29) is 24.5 Å². The minimum absolute atomic E-state index is 0.000276. The molecule has 3 aliphatic rings. The average molecular weight is 346 g/mol. The Hall–Kier alpha value is -2.12. The van der Waals surface area contributed by atoms with Crippen LogP contribution in [0.2, 0.25) is 0 Å². The minimum Gasteiger partial charge on any atom is -0.338 e. The second-order valence-electron chi connectivity index (χ2n) is 7.19. The molecule has 0 radical (unpaired) electrons. The predicted molar refractivity (Wildman–Crippen MR) is 90.9 cm³/mol. The van der Waals surface area contributed by atoms with Crippen LogP contribution in [0.25, 0.3) is 0 Å². The van der Waals surface area contributed by atoms with E-state index in [0.717, 1.165) is 63.3 Å². The van der Waals surface area contributed by atoms with Crippen molar-refractivity contribution in [2.24, 2.45) is 0 Å². The maximum Gasteiger partial charge on any atom is 0.317 e. The second kappa shape index (κ2) is 7.01. The highest BCUT2D eigenvalue weighted by Gasteiger charge is 2.35. The first kappa shape index (κ1) is 16.4. The van der Waals surface area contributed by atoms with Crippen LogP contribution in [-0.2, 0) is 17.8 Å². The summed E-state index contributed by atoms with van der Waals surface area (Å²) in [5, 5.41) is 11.6. The maximum absolute atomic E-state index is 12.8. The van der Waals surface area contributed by atoms with Gasteiger partial charge >= 0.3 is 6.03 Å². The van der Waals surface area contributed by atoms with Gasteiger partial charge in [-0.05, 0) is 32.1 Å². The number of aromatic nitrogens is 3. The van der Waals surface area contributed by atoms with E-state index in [4.69, 9.17) is 0 Å². The molecule has 4 heterocycles. The van der Waals surface area contributed by atoms with Crippen molar-refractivity contribution in [1.29, 1.82) is 0 Å². The van der Waals surface area contributed by atoms with Crippen molar-refractivity contribution in [2.45, 2.75) is 57.5 Å². The van der Waals surface area contributed by atoms with Crippen molar-refractivity contribution in [2.75, 3.05) is 26.2 Å². The van der Waals surface area contributed by atoms with Gasteiger partial charge in [0.15, 0.2) is 5.82 Å². The lowest BCUT2D eigenvalue weighted by atomic mass is 10.2. The summed E-state index contributed by atoms with van der Waals surface area (Å²) in [6.07, 6.45) is 7.30. The first-order valence-corrected chi connectivity index (χ1v) is 9.48. The molecule has 4 rings (SSSR count). The topological polar surface area (TPSA) is 83.4 Å². The highest BCUT2D eigenvalue weighted by atomic mass is 16.2. The van der Waals surface area contributed by atoms with Crippen LogP contribution in [0.15, 0.2) is 0 Å². The van der Waals surface area contributed by atoms with E-state index in [1.165, 1.54) is 6.42 Å². The summed E-state index contributed by atoms with van der Waals surface area (Å²) >= 11 is 0. The lowest BCUT2D eigenvalue weighted by molar-refractivity contribution is -0.133. The van der Waals surface area contributed by atoms with Gasteiger partial charge in [-0.15, -0.1) is 10.2 Å². The molecule has 1 aromatic rings. The zero-order valence-corrected chi connectivity index (χ0v) is 14.6. The third kappa shape index (κ3) is 3.21. The van der Waals surface area contributed by atoms with Crippen molar-refractivity contribution < 1.29 is 9.59 Å². The van der Waals surface area contributed by atoms with E-state index in [9.17, 15) is 9.59 Å². The third-order valence-corrected chi connectivity index (χ3v) is 5.50. The molecule has 1 unspecified atom stereocenters. The fourth-order valence-electron chi connectivity index (χ4n) is 4.17. The van der Waals surface area contributed by atoms with E-state index < -0.39 is 0 Å². The van der Waals surface area contributed by atoms with Gasteiger partial charge < -0.3 is 19.7 Å². The molecule has 0 aliphatic carbocycles. The van der Waals surface area contributed by atoms with Crippen LogP contribution in [0, 0.1) is 0 Å². The molecule has 1 atom stereocenters. The number of hydrogen-bond donors (Lipinski definition) is 1. The Morgan fingerprint density at radius 3 is 2.88 bits per heavy atom. The van der Waals surface area contributed by atoms with E-state index >= 15 is 0 Å². The zero-order chi connectivity index (χ0) is 17.2. The first-order chi connectivity index (χ1) is 12.2. The van der Waals surface area contributed by atoms with Gasteiger partial charge in [0.2, 0.25) is 5.91 Å². The standard InChI is InChI=1S/C17H26N6O2/c24-15(12-21-9-5-8-18-17(21)25)22-11-4-6-13(22)16-20-19-14-7-2-1-3-10-23(14)16/h13H,1-12H2,(H,18,25). The van der Waals surface area contributed by atoms with Crippen LogP contribution >= 0.6 is 0 Å². The molecule has 1 N–H and O–H groups in total. The lowest BCUT2D eigenvalue weighted by Gasteiger charge is -2.30. The molecule has 3 amide bonds. The van der Waals surface area contributed by atoms with Gasteiger partial charge in [0, 0.05) is 32.6 Å². The summed E-state index contributed by atoms with van der Waals surface area (Å²) in [6.45, 7) is 3.19. The smallest absolute Gasteiger partial charge is 0.317 e. The normalized spacial score (nSPS) is 24.0. The van der Waals surface area contributed by atoms with Gasteiger partial charge in [0.05, 0.1) is 6.04 Å². The van der Waals surface area contributed by atoms with Crippen LogP contribution < -0.4 is 5.32 Å². The number of hydrogen-bond acceptors (Lipinski definition) is 4. The Bertz CT molecular complexity index is 658. The Morgan fingerprint density at radius 2 is 2.00 bits per heavy atom. The van der Waals surface area contributed by atoms with Crippen LogP contribution in [0.5, 0.6) is 0 Å². The number of carbonyl (C=O) groups is 2. The van der Waals surface area contributed by atoms with E-state index in [0.29, 0.717) is 13.1 Å². The molecule has 2 fully saturated rings. The summed E-state index contributed by atoms with van der Waals surface area (Å²) in [4.78, 5) is 28.3. The fourth-order valence-corrected chi connectivity index (χ4v) is 4.17. The molecule has 0 saturated carbocycles. The fraction of sp³-hybridized carbons (Fsp3) is 0.765. The molecular weight excluding hydrogens is 320 g/mol. The second-order valence-corrected chi connectivity index (χ2v) is 7.19. The quantitative estimate of drug-likeness (QED) is 0.888. The zero-order valence-electron chi connectivity index (χ0n) is 14.6. The van der Waals surface area contributed by atoms with Gasteiger partial charge in [-0.3, -0.25) is 4.79 Å². The maximum atomic E-state index is 12.8. The summed E-state index contributed by atoms with van der Waals surface area (Å²) in [6, 6.07) is -0.133. The highest BCUT2D eigenvalue weighted by Crippen LogP contribution is 2.32. The Morgan fingerprint density at radius 1 is 1.08 bits per heavy atom.